The number of benzene rings is 6. The highest BCUT2D eigenvalue weighted by Gasteiger charge is 2.46. The lowest BCUT2D eigenvalue weighted by atomic mass is 9.68. The van der Waals surface area contributed by atoms with E-state index in [0.29, 0.717) is 46.1 Å². The molecular weight excluding hydrogens is 1360 g/mol. The summed E-state index contributed by atoms with van der Waals surface area (Å²) in [6.07, 6.45) is 16.8. The van der Waals surface area contributed by atoms with E-state index in [2.05, 4.69) is 86.6 Å². The third-order valence-corrected chi connectivity index (χ3v) is 20.7. The van der Waals surface area contributed by atoms with Crippen molar-refractivity contribution in [2.75, 3.05) is 13.2 Å². The highest BCUT2D eigenvalue weighted by molar-refractivity contribution is 5.94. The summed E-state index contributed by atoms with van der Waals surface area (Å²) in [6, 6.07) is 32.6. The van der Waals surface area contributed by atoms with Crippen molar-refractivity contribution in [3.8, 4) is 34.5 Å². The Hall–Kier alpha value is -9.90. The second-order valence-electron chi connectivity index (χ2n) is 30.2. The van der Waals surface area contributed by atoms with E-state index in [9.17, 15) is 38.4 Å². The third kappa shape index (κ3) is 22.4. The normalized spacial score (nSPS) is 19.0. The van der Waals surface area contributed by atoms with Crippen LogP contribution in [0.5, 0.6) is 34.5 Å². The molecule has 0 fully saturated rings. The number of rotatable bonds is 24. The SMILES string of the molecule is CC(=O)OC[C@@H](CCC=C(C)C)[C@@H]1CC[C@@H](C)c2c1cc(C)c(OC(C)=O)c2OC(C)=O.CC(=O)Oc1cc(C)c2c3c1[C@H](C)CC[C@H]3[C@H](CCC=C(C)C)C(OC(C)=O)O2.CC(C)=CCC[C@H](COC(=O)c1ccccc1)[C@@H]1CC[C@@H](C)c2c1cc(C)c(OC(=O)c1ccccc1)c2OC(=O)c1ccccc1. The van der Waals surface area contributed by atoms with Crippen molar-refractivity contribution >= 4 is 47.8 Å². The number of aryl methyl sites for hydroxylation is 3. The van der Waals surface area contributed by atoms with Gasteiger partial charge in [0.05, 0.1) is 29.9 Å². The molecule has 0 bridgehead atoms. The van der Waals surface area contributed by atoms with Crippen LogP contribution in [0.1, 0.15) is 291 Å². The summed E-state index contributed by atoms with van der Waals surface area (Å²) in [7, 11) is 0. The van der Waals surface area contributed by atoms with E-state index in [1.54, 1.807) is 60.7 Å². The Labute approximate surface area is 638 Å². The van der Waals surface area contributed by atoms with E-state index in [0.717, 1.165) is 127 Å². The Morgan fingerprint density at radius 1 is 0.417 bits per heavy atom. The zero-order valence-corrected chi connectivity index (χ0v) is 66.2. The first-order valence-electron chi connectivity index (χ1n) is 38.1. The number of carbonyl (C=O) groups is 8. The van der Waals surface area contributed by atoms with Gasteiger partial charge in [-0.2, -0.15) is 0 Å². The highest BCUT2D eigenvalue weighted by atomic mass is 16.7. The molecule has 1 unspecified atom stereocenters. The quantitative estimate of drug-likeness (QED) is 0.0238. The molecule has 0 aromatic heterocycles. The molecule has 1 heterocycles. The van der Waals surface area contributed by atoms with Gasteiger partial charge in [-0.15, -0.1) is 0 Å². The average molecular weight is 1480 g/mol. The smallest absolute Gasteiger partial charge is 0.343 e. The van der Waals surface area contributed by atoms with Crippen molar-refractivity contribution in [2.45, 2.75) is 237 Å². The summed E-state index contributed by atoms with van der Waals surface area (Å²) in [5.41, 5.74) is 13.5. The second kappa shape index (κ2) is 39.3. The number of ether oxygens (including phenoxy) is 9. The first kappa shape index (κ1) is 83.7. The number of esters is 8. The summed E-state index contributed by atoms with van der Waals surface area (Å²) < 4.78 is 52.2. The van der Waals surface area contributed by atoms with Crippen LogP contribution in [-0.2, 0) is 38.2 Å². The third-order valence-electron chi connectivity index (χ3n) is 20.7. The highest BCUT2D eigenvalue weighted by Crippen LogP contribution is 2.57. The molecule has 6 aromatic carbocycles. The fourth-order valence-corrected chi connectivity index (χ4v) is 15.7. The number of carbonyl (C=O) groups excluding carboxylic acids is 8. The van der Waals surface area contributed by atoms with Gasteiger partial charge < -0.3 is 42.6 Å². The summed E-state index contributed by atoms with van der Waals surface area (Å²) in [4.78, 5) is 98.5. The Balaban J connectivity index is 0.000000212. The molecule has 0 saturated heterocycles. The van der Waals surface area contributed by atoms with Gasteiger partial charge >= 0.3 is 47.8 Å². The van der Waals surface area contributed by atoms with E-state index in [1.807, 2.05) is 63.2 Å². The Kier molecular flexibility index (Phi) is 30.5. The fourth-order valence-electron chi connectivity index (χ4n) is 15.7. The topological polar surface area (TPSA) is 220 Å². The minimum Gasteiger partial charge on any atom is -0.466 e. The molecule has 576 valence electrons. The average Bonchev–Trinajstić information content (AvgIpc) is 0.740. The summed E-state index contributed by atoms with van der Waals surface area (Å²) in [6.45, 7) is 32.1. The van der Waals surface area contributed by atoms with E-state index in [1.165, 1.54) is 51.3 Å². The predicted octanol–water partition coefficient (Wildman–Crippen LogP) is 20.9. The molecule has 4 aliphatic rings. The van der Waals surface area contributed by atoms with E-state index in [4.69, 9.17) is 42.6 Å². The summed E-state index contributed by atoms with van der Waals surface area (Å²) >= 11 is 0. The fraction of sp³-hybridized carbons (Fsp3) is 0.451. The van der Waals surface area contributed by atoms with Crippen LogP contribution in [0.3, 0.4) is 0 Å². The van der Waals surface area contributed by atoms with E-state index < -0.39 is 30.2 Å². The van der Waals surface area contributed by atoms with Crippen LogP contribution < -0.4 is 28.4 Å². The van der Waals surface area contributed by atoms with Crippen molar-refractivity contribution < 1.29 is 81.0 Å². The molecule has 1 aliphatic heterocycles. The zero-order chi connectivity index (χ0) is 78.6. The van der Waals surface area contributed by atoms with Gasteiger partial charge in [0.2, 0.25) is 6.29 Å². The van der Waals surface area contributed by atoms with Gasteiger partial charge in [-0.1, -0.05) is 122 Å². The van der Waals surface area contributed by atoms with Crippen molar-refractivity contribution in [3.63, 3.8) is 0 Å². The molecule has 3 aliphatic carbocycles. The van der Waals surface area contributed by atoms with Crippen LogP contribution in [-0.4, -0.2) is 67.3 Å². The van der Waals surface area contributed by atoms with E-state index in [-0.39, 0.29) is 95.2 Å². The molecule has 17 nitrogen and oxygen atoms in total. The van der Waals surface area contributed by atoms with Crippen LogP contribution in [0.15, 0.2) is 144 Å². The van der Waals surface area contributed by atoms with Crippen molar-refractivity contribution in [2.24, 2.45) is 17.8 Å². The minimum absolute atomic E-state index is 0.0132. The van der Waals surface area contributed by atoms with Gasteiger partial charge in [-0.25, -0.2) is 14.4 Å². The minimum atomic E-state index is -0.588. The van der Waals surface area contributed by atoms with Crippen LogP contribution in [0.4, 0.5) is 0 Å². The maximum atomic E-state index is 13.5. The number of fused-ring (bicyclic) bond motifs is 2. The standard InChI is InChI=1S/C41H42O6.C26H36O6.C24H32O5/c1-27(2)15-14-22-33(26-45-39(42)30-16-8-5-9-17-30)34-24-23-28(3)36-35(34)25-29(4)37(46-40(43)31-18-10-6-11-19-31)38(36)47-41(44)32-20-12-7-13-21-32;1-15(2)9-8-10-21(14-30-18(5)27)22-12-11-16(3)24-23(22)13-17(4)25(31-19(6)28)26(24)32-20(7)29;1-13(2)8-7-9-19-18-11-10-14(3)21-20(27-16(5)25)12-15(4)23(22(18)21)29-24(19)28-17(6)26/h5-13,15-21,25,28,33-34H,14,22-24,26H2,1-4H3;9,13,16,21-22H,8,10-12,14H2,1-7H3;8,12,14,18-19,24H,7,9-11H2,1-6H3/t28-,33-,34+;16-,21-,22+;14-,18+,19+,24?/m111/s1. The van der Waals surface area contributed by atoms with Crippen LogP contribution in [0.2, 0.25) is 0 Å². The first-order chi connectivity index (χ1) is 51.4. The number of allylic oxidation sites excluding steroid dienone is 6. The zero-order valence-electron chi connectivity index (χ0n) is 66.2. The largest absolute Gasteiger partial charge is 0.466 e. The molecular formula is C91H110O17. The maximum Gasteiger partial charge on any atom is 0.343 e. The lowest BCUT2D eigenvalue weighted by Gasteiger charge is -2.44. The Morgan fingerprint density at radius 2 is 0.824 bits per heavy atom. The van der Waals surface area contributed by atoms with Gasteiger partial charge in [-0.05, 0) is 245 Å². The van der Waals surface area contributed by atoms with Gasteiger partial charge in [-0.3, -0.25) is 24.0 Å². The number of hydrogen-bond acceptors (Lipinski definition) is 17. The Bertz CT molecular complexity index is 4280. The van der Waals surface area contributed by atoms with Gasteiger partial charge in [0.1, 0.15) is 11.5 Å². The predicted molar refractivity (Wildman–Crippen MR) is 417 cm³/mol. The van der Waals surface area contributed by atoms with Gasteiger partial charge in [0.15, 0.2) is 23.0 Å². The molecule has 0 N–H and O–H groups in total. The lowest BCUT2D eigenvalue weighted by Crippen LogP contribution is -2.41. The van der Waals surface area contributed by atoms with E-state index >= 15 is 0 Å². The summed E-state index contributed by atoms with van der Waals surface area (Å²) in [5, 5.41) is 0. The molecule has 0 radical (unpaired) electrons. The van der Waals surface area contributed by atoms with Crippen LogP contribution in [0.25, 0.3) is 0 Å². The molecule has 17 heteroatoms. The first-order valence-corrected chi connectivity index (χ1v) is 38.1. The molecule has 0 spiro atoms. The lowest BCUT2D eigenvalue weighted by molar-refractivity contribution is -0.174. The van der Waals surface area contributed by atoms with Gasteiger partial charge in [0.25, 0.3) is 0 Å². The van der Waals surface area contributed by atoms with Crippen molar-refractivity contribution in [1.29, 1.82) is 0 Å². The molecule has 6 aromatic rings. The molecule has 108 heavy (non-hydrogen) atoms. The van der Waals surface area contributed by atoms with Crippen LogP contribution >= 0.6 is 0 Å². The molecule has 0 saturated carbocycles. The van der Waals surface area contributed by atoms with Crippen LogP contribution in [0, 0.1) is 38.5 Å². The maximum absolute atomic E-state index is 13.5. The molecule has 10 rings (SSSR count). The molecule has 10 atom stereocenters. The van der Waals surface area contributed by atoms with Crippen molar-refractivity contribution in [3.05, 3.63) is 211 Å². The number of hydrogen-bond donors (Lipinski definition) is 0. The van der Waals surface area contributed by atoms with Gasteiger partial charge in [0, 0.05) is 74.6 Å². The summed E-state index contributed by atoms with van der Waals surface area (Å²) in [5.74, 6) is 0.389. The Morgan fingerprint density at radius 3 is 1.28 bits per heavy atom. The second-order valence-corrected chi connectivity index (χ2v) is 30.2. The van der Waals surface area contributed by atoms with Crippen molar-refractivity contribution in [1.82, 2.24) is 0 Å². The monoisotopic (exact) mass is 1470 g/mol. The molecule has 0 amide bonds.